The molecule has 0 aliphatic carbocycles. The third-order valence-corrected chi connectivity index (χ3v) is 2.23. The maximum absolute atomic E-state index is 11.1. The number of rotatable bonds is 6. The van der Waals surface area contributed by atoms with Crippen LogP contribution >= 0.6 is 0 Å². The van der Waals surface area contributed by atoms with Gasteiger partial charge < -0.3 is 9.84 Å². The van der Waals surface area contributed by atoms with Gasteiger partial charge in [-0.15, -0.1) is 0 Å². The van der Waals surface area contributed by atoms with Crippen molar-refractivity contribution in [3.05, 3.63) is 42.0 Å². The second kappa shape index (κ2) is 7.63. The van der Waals surface area contributed by atoms with Gasteiger partial charge in [-0.3, -0.25) is 4.79 Å². The summed E-state index contributed by atoms with van der Waals surface area (Å²) < 4.78 is 4.75. The van der Waals surface area contributed by atoms with Crippen molar-refractivity contribution in [3.63, 3.8) is 0 Å². The van der Waals surface area contributed by atoms with Crippen LogP contribution in [-0.2, 0) is 9.53 Å². The van der Waals surface area contributed by atoms with Gasteiger partial charge in [-0.1, -0.05) is 42.5 Å². The first-order valence-corrected chi connectivity index (χ1v) is 5.77. The number of benzene rings is 1. The number of carbonyl (C=O) groups excluding carboxylic acids is 1. The highest BCUT2D eigenvalue weighted by molar-refractivity contribution is 5.69. The second-order valence-corrected chi connectivity index (χ2v) is 3.71. The summed E-state index contributed by atoms with van der Waals surface area (Å²) in [6.45, 7) is 2.10. The third kappa shape index (κ3) is 5.88. The van der Waals surface area contributed by atoms with Crippen molar-refractivity contribution in [3.8, 4) is 0 Å². The maximum atomic E-state index is 11.1. The molecule has 0 saturated carbocycles. The molecule has 1 atom stereocenters. The van der Waals surface area contributed by atoms with Crippen molar-refractivity contribution in [1.82, 2.24) is 0 Å². The molecule has 3 nitrogen and oxygen atoms in total. The van der Waals surface area contributed by atoms with E-state index in [1.54, 1.807) is 6.92 Å². The SMILES string of the molecule is CCOC(=O)CC(O)C/C=C/c1ccccc1. The number of ether oxygens (including phenoxy) is 1. The molecular weight excluding hydrogens is 216 g/mol. The molecule has 17 heavy (non-hydrogen) atoms. The lowest BCUT2D eigenvalue weighted by Gasteiger charge is -2.06. The van der Waals surface area contributed by atoms with Crippen LogP contribution in [0.4, 0.5) is 0 Å². The smallest absolute Gasteiger partial charge is 0.308 e. The van der Waals surface area contributed by atoms with Gasteiger partial charge in [0.25, 0.3) is 0 Å². The Morgan fingerprint density at radius 3 is 2.76 bits per heavy atom. The van der Waals surface area contributed by atoms with Crippen molar-refractivity contribution in [2.24, 2.45) is 0 Å². The minimum atomic E-state index is -0.672. The molecule has 0 aromatic heterocycles. The van der Waals surface area contributed by atoms with Gasteiger partial charge in [-0.05, 0) is 18.9 Å². The van der Waals surface area contributed by atoms with Crippen LogP contribution in [0.25, 0.3) is 6.08 Å². The molecule has 0 fully saturated rings. The summed E-state index contributed by atoms with van der Waals surface area (Å²) in [5.41, 5.74) is 1.08. The van der Waals surface area contributed by atoms with E-state index in [0.717, 1.165) is 5.56 Å². The average molecular weight is 234 g/mol. The van der Waals surface area contributed by atoms with Crippen LogP contribution in [0.3, 0.4) is 0 Å². The Morgan fingerprint density at radius 2 is 2.12 bits per heavy atom. The largest absolute Gasteiger partial charge is 0.466 e. The Labute approximate surface area is 102 Å². The number of aliphatic hydroxyl groups is 1. The third-order valence-electron chi connectivity index (χ3n) is 2.23. The van der Waals surface area contributed by atoms with Gasteiger partial charge in [0.15, 0.2) is 0 Å². The van der Waals surface area contributed by atoms with E-state index < -0.39 is 6.10 Å². The van der Waals surface area contributed by atoms with E-state index in [2.05, 4.69) is 0 Å². The maximum Gasteiger partial charge on any atom is 0.308 e. The van der Waals surface area contributed by atoms with Crippen LogP contribution in [0, 0.1) is 0 Å². The molecule has 0 spiro atoms. The fourth-order valence-electron chi connectivity index (χ4n) is 1.42. The van der Waals surface area contributed by atoms with Crippen molar-refractivity contribution in [2.75, 3.05) is 6.61 Å². The molecule has 0 radical (unpaired) electrons. The molecule has 0 saturated heterocycles. The average Bonchev–Trinajstić information content (AvgIpc) is 2.30. The zero-order valence-electron chi connectivity index (χ0n) is 10.0. The number of hydrogen-bond acceptors (Lipinski definition) is 3. The quantitative estimate of drug-likeness (QED) is 0.769. The van der Waals surface area contributed by atoms with E-state index in [0.29, 0.717) is 13.0 Å². The standard InChI is InChI=1S/C14H18O3/c1-2-17-14(16)11-13(15)10-6-9-12-7-4-3-5-8-12/h3-9,13,15H,2,10-11H2,1H3/b9-6+. The number of esters is 1. The first kappa shape index (κ1) is 13.5. The fraction of sp³-hybridized carbons (Fsp3) is 0.357. The molecule has 92 valence electrons. The summed E-state index contributed by atoms with van der Waals surface area (Å²) >= 11 is 0. The Kier molecular flexibility index (Phi) is 6.04. The van der Waals surface area contributed by atoms with Gasteiger partial charge in [0.1, 0.15) is 0 Å². The summed E-state index contributed by atoms with van der Waals surface area (Å²) in [4.78, 5) is 11.1. The topological polar surface area (TPSA) is 46.5 Å². The second-order valence-electron chi connectivity index (χ2n) is 3.71. The van der Waals surface area contributed by atoms with E-state index in [-0.39, 0.29) is 12.4 Å². The lowest BCUT2D eigenvalue weighted by atomic mass is 10.1. The zero-order valence-corrected chi connectivity index (χ0v) is 10.0. The van der Waals surface area contributed by atoms with Crippen LogP contribution in [0.2, 0.25) is 0 Å². The van der Waals surface area contributed by atoms with E-state index in [4.69, 9.17) is 4.74 Å². The molecule has 0 aliphatic heterocycles. The molecule has 1 N–H and O–H groups in total. The van der Waals surface area contributed by atoms with Crippen molar-refractivity contribution in [2.45, 2.75) is 25.9 Å². The monoisotopic (exact) mass is 234 g/mol. The first-order chi connectivity index (χ1) is 8.22. The predicted molar refractivity (Wildman–Crippen MR) is 67.3 cm³/mol. The van der Waals surface area contributed by atoms with Crippen LogP contribution in [-0.4, -0.2) is 23.8 Å². The van der Waals surface area contributed by atoms with E-state index in [1.807, 2.05) is 42.5 Å². The highest BCUT2D eigenvalue weighted by Crippen LogP contribution is 2.05. The Hall–Kier alpha value is -1.61. The van der Waals surface area contributed by atoms with Gasteiger partial charge in [0.05, 0.1) is 19.1 Å². The minimum absolute atomic E-state index is 0.0486. The van der Waals surface area contributed by atoms with Gasteiger partial charge in [0, 0.05) is 0 Å². The van der Waals surface area contributed by atoms with Crippen LogP contribution in [0.1, 0.15) is 25.3 Å². The summed E-state index contributed by atoms with van der Waals surface area (Å²) in [5.74, 6) is -0.354. The number of carbonyl (C=O) groups is 1. The molecular formula is C14H18O3. The molecule has 0 heterocycles. The van der Waals surface area contributed by atoms with Crippen LogP contribution in [0.5, 0.6) is 0 Å². The fourth-order valence-corrected chi connectivity index (χ4v) is 1.42. The van der Waals surface area contributed by atoms with Crippen molar-refractivity contribution in [1.29, 1.82) is 0 Å². The molecule has 0 aliphatic rings. The molecule has 0 amide bonds. The molecule has 1 rings (SSSR count). The van der Waals surface area contributed by atoms with E-state index >= 15 is 0 Å². The minimum Gasteiger partial charge on any atom is -0.466 e. The van der Waals surface area contributed by atoms with Crippen LogP contribution in [0.15, 0.2) is 36.4 Å². The number of aliphatic hydroxyl groups excluding tert-OH is 1. The van der Waals surface area contributed by atoms with Gasteiger partial charge in [-0.2, -0.15) is 0 Å². The Morgan fingerprint density at radius 1 is 1.41 bits per heavy atom. The number of hydrogen-bond donors (Lipinski definition) is 1. The summed E-state index contributed by atoms with van der Waals surface area (Å²) in [6.07, 6.45) is 3.61. The molecule has 1 aromatic carbocycles. The van der Waals surface area contributed by atoms with Crippen LogP contribution < -0.4 is 0 Å². The Balaban J connectivity index is 2.30. The van der Waals surface area contributed by atoms with E-state index in [1.165, 1.54) is 0 Å². The van der Waals surface area contributed by atoms with Gasteiger partial charge in [-0.25, -0.2) is 0 Å². The first-order valence-electron chi connectivity index (χ1n) is 5.77. The lowest BCUT2D eigenvalue weighted by molar-refractivity contribution is -0.145. The van der Waals surface area contributed by atoms with Gasteiger partial charge in [0.2, 0.25) is 0 Å². The van der Waals surface area contributed by atoms with E-state index in [9.17, 15) is 9.90 Å². The summed E-state index contributed by atoms with van der Waals surface area (Å²) in [6, 6.07) is 9.82. The lowest BCUT2D eigenvalue weighted by Crippen LogP contribution is -2.14. The summed E-state index contributed by atoms with van der Waals surface area (Å²) in [5, 5.41) is 9.57. The molecule has 1 unspecified atom stereocenters. The molecule has 0 bridgehead atoms. The van der Waals surface area contributed by atoms with Crippen molar-refractivity contribution < 1.29 is 14.6 Å². The van der Waals surface area contributed by atoms with Gasteiger partial charge >= 0.3 is 5.97 Å². The highest BCUT2D eigenvalue weighted by Gasteiger charge is 2.09. The predicted octanol–water partition coefficient (Wildman–Crippen LogP) is 2.40. The molecule has 3 heteroatoms. The normalized spacial score (nSPS) is 12.6. The highest BCUT2D eigenvalue weighted by atomic mass is 16.5. The molecule has 1 aromatic rings. The summed E-state index contributed by atoms with van der Waals surface area (Å²) in [7, 11) is 0. The Bertz CT molecular complexity index is 357. The zero-order chi connectivity index (χ0) is 12.5. The van der Waals surface area contributed by atoms with Crippen molar-refractivity contribution >= 4 is 12.0 Å².